The topological polar surface area (TPSA) is 58.5 Å². The lowest BCUT2D eigenvalue weighted by atomic mass is 9.82. The highest BCUT2D eigenvalue weighted by Gasteiger charge is 2.37. The van der Waals surface area contributed by atoms with Crippen molar-refractivity contribution in [3.05, 3.63) is 95.1 Å². The molecule has 2 heterocycles. The summed E-state index contributed by atoms with van der Waals surface area (Å²) in [5, 5.41) is 0. The molecule has 0 bridgehead atoms. The molecule has 1 aliphatic carbocycles. The quantitative estimate of drug-likeness (QED) is 0.335. The Balaban J connectivity index is 1.27. The molecule has 4 N–H and O–H groups in total. The van der Waals surface area contributed by atoms with Gasteiger partial charge in [0, 0.05) is 52.6 Å². The fourth-order valence-electron chi connectivity index (χ4n) is 6.43. The van der Waals surface area contributed by atoms with Gasteiger partial charge < -0.3 is 21.3 Å². The maximum Gasteiger partial charge on any atom is 0.0445 e. The number of hydrogen-bond acceptors (Lipinski definition) is 4. The molecule has 174 valence electrons. The van der Waals surface area contributed by atoms with Crippen molar-refractivity contribution in [1.29, 1.82) is 0 Å². The van der Waals surface area contributed by atoms with E-state index in [0.29, 0.717) is 0 Å². The van der Waals surface area contributed by atoms with Crippen LogP contribution < -0.4 is 21.3 Å². The zero-order valence-corrected chi connectivity index (χ0v) is 20.3. The molecule has 0 amide bonds. The molecule has 4 aromatic rings. The fraction of sp³-hybridized carbons (Fsp3) is 0.226. The van der Waals surface area contributed by atoms with Crippen molar-refractivity contribution in [2.24, 2.45) is 0 Å². The number of nitrogens with zero attached hydrogens (tertiary/aromatic N) is 2. The normalized spacial score (nSPS) is 16.7. The van der Waals surface area contributed by atoms with Crippen molar-refractivity contribution in [3.8, 4) is 11.1 Å². The average Bonchev–Trinajstić information content (AvgIpc) is 3.52. The number of benzene rings is 4. The summed E-state index contributed by atoms with van der Waals surface area (Å²) in [5.74, 6) is 0. The second kappa shape index (κ2) is 7.05. The van der Waals surface area contributed by atoms with Crippen LogP contribution in [0.3, 0.4) is 0 Å². The van der Waals surface area contributed by atoms with E-state index in [1.165, 1.54) is 56.1 Å². The Morgan fingerprint density at radius 1 is 0.600 bits per heavy atom. The second-order valence-corrected chi connectivity index (χ2v) is 10.7. The van der Waals surface area contributed by atoms with Crippen LogP contribution in [-0.2, 0) is 18.3 Å². The van der Waals surface area contributed by atoms with Crippen LogP contribution >= 0.6 is 0 Å². The molecule has 3 aliphatic rings. The summed E-state index contributed by atoms with van der Waals surface area (Å²) in [6, 6.07) is 26.6. The van der Waals surface area contributed by atoms with Gasteiger partial charge in [-0.05, 0) is 107 Å². The van der Waals surface area contributed by atoms with E-state index in [2.05, 4.69) is 84.3 Å². The van der Waals surface area contributed by atoms with Crippen molar-refractivity contribution in [3.63, 3.8) is 0 Å². The molecular weight excluding hydrogens is 428 g/mol. The van der Waals surface area contributed by atoms with E-state index in [0.717, 1.165) is 37.3 Å². The molecule has 0 unspecified atom stereocenters. The van der Waals surface area contributed by atoms with Crippen LogP contribution in [0.4, 0.5) is 34.1 Å². The summed E-state index contributed by atoms with van der Waals surface area (Å²) in [5.41, 5.74) is 27.0. The number of hydrogen-bond donors (Lipinski definition) is 2. The molecule has 35 heavy (non-hydrogen) atoms. The van der Waals surface area contributed by atoms with Crippen molar-refractivity contribution in [2.45, 2.75) is 32.1 Å². The van der Waals surface area contributed by atoms with Gasteiger partial charge in [-0.3, -0.25) is 0 Å². The Morgan fingerprint density at radius 3 is 1.51 bits per heavy atom. The molecule has 7 rings (SSSR count). The first-order valence-corrected chi connectivity index (χ1v) is 12.5. The Bertz CT molecular complexity index is 1400. The molecule has 0 aromatic heterocycles. The van der Waals surface area contributed by atoms with Gasteiger partial charge in [0.15, 0.2) is 0 Å². The molecule has 4 heteroatoms. The van der Waals surface area contributed by atoms with Gasteiger partial charge in [0.1, 0.15) is 0 Å². The molecule has 0 saturated carbocycles. The summed E-state index contributed by atoms with van der Waals surface area (Å²) in [4.78, 5) is 4.87. The summed E-state index contributed by atoms with van der Waals surface area (Å²) in [6.45, 7) is 6.72. The van der Waals surface area contributed by atoms with Gasteiger partial charge in [0.2, 0.25) is 0 Å². The van der Waals surface area contributed by atoms with E-state index in [9.17, 15) is 0 Å². The van der Waals surface area contributed by atoms with Gasteiger partial charge in [-0.2, -0.15) is 0 Å². The van der Waals surface area contributed by atoms with Crippen molar-refractivity contribution in [1.82, 2.24) is 0 Å². The SMILES string of the molecule is CC1(C)c2cc(N3CCc4cc(N)ccc43)ccc2-c2ccc(N3CCc4cc(N)ccc43)cc21. The highest BCUT2D eigenvalue weighted by atomic mass is 15.2. The molecule has 4 aromatic carbocycles. The highest BCUT2D eigenvalue weighted by molar-refractivity contribution is 5.86. The average molecular weight is 459 g/mol. The molecular formula is C31H30N4. The Kier molecular flexibility index (Phi) is 4.12. The smallest absolute Gasteiger partial charge is 0.0445 e. The summed E-state index contributed by atoms with van der Waals surface area (Å²) >= 11 is 0. The Labute approximate surface area is 206 Å². The largest absolute Gasteiger partial charge is 0.399 e. The third-order valence-corrected chi connectivity index (χ3v) is 8.26. The molecule has 0 atom stereocenters. The molecule has 0 fully saturated rings. The second-order valence-electron chi connectivity index (χ2n) is 10.7. The lowest BCUT2D eigenvalue weighted by molar-refractivity contribution is 0.660. The number of nitrogens with two attached hydrogens (primary N) is 2. The van der Waals surface area contributed by atoms with Crippen LogP contribution in [0.2, 0.25) is 0 Å². The first-order valence-electron chi connectivity index (χ1n) is 12.5. The van der Waals surface area contributed by atoms with Crippen molar-refractivity contribution in [2.75, 3.05) is 34.4 Å². The summed E-state index contributed by atoms with van der Waals surface area (Å²) in [7, 11) is 0. The zero-order valence-electron chi connectivity index (χ0n) is 20.3. The Morgan fingerprint density at radius 2 is 1.06 bits per heavy atom. The maximum absolute atomic E-state index is 6.04. The fourth-order valence-corrected chi connectivity index (χ4v) is 6.43. The van der Waals surface area contributed by atoms with Crippen LogP contribution in [0, 0.1) is 0 Å². The minimum atomic E-state index is -0.0654. The third kappa shape index (κ3) is 2.92. The summed E-state index contributed by atoms with van der Waals surface area (Å²) in [6.07, 6.45) is 2.07. The monoisotopic (exact) mass is 458 g/mol. The molecule has 4 nitrogen and oxygen atoms in total. The molecule has 2 aliphatic heterocycles. The molecule has 0 spiro atoms. The Hall–Kier alpha value is -3.92. The van der Waals surface area contributed by atoms with Crippen LogP contribution in [0.1, 0.15) is 36.1 Å². The van der Waals surface area contributed by atoms with Crippen molar-refractivity contribution >= 4 is 34.1 Å². The van der Waals surface area contributed by atoms with E-state index < -0.39 is 0 Å². The minimum Gasteiger partial charge on any atom is -0.399 e. The number of fused-ring (bicyclic) bond motifs is 5. The van der Waals surface area contributed by atoms with Crippen LogP contribution in [0.5, 0.6) is 0 Å². The number of anilines is 6. The lowest BCUT2D eigenvalue weighted by Gasteiger charge is -2.26. The van der Waals surface area contributed by atoms with Gasteiger partial charge in [-0.25, -0.2) is 0 Å². The van der Waals surface area contributed by atoms with Gasteiger partial charge in [-0.1, -0.05) is 26.0 Å². The first kappa shape index (κ1) is 20.5. The van der Waals surface area contributed by atoms with E-state index in [-0.39, 0.29) is 5.41 Å². The summed E-state index contributed by atoms with van der Waals surface area (Å²) < 4.78 is 0. The predicted octanol–water partition coefficient (Wildman–Crippen LogP) is 6.55. The van der Waals surface area contributed by atoms with Crippen LogP contribution in [0.15, 0.2) is 72.8 Å². The van der Waals surface area contributed by atoms with Crippen molar-refractivity contribution < 1.29 is 0 Å². The van der Waals surface area contributed by atoms with Crippen LogP contribution in [-0.4, -0.2) is 13.1 Å². The third-order valence-electron chi connectivity index (χ3n) is 8.26. The number of nitrogen functional groups attached to an aromatic ring is 2. The van der Waals surface area contributed by atoms with Gasteiger partial charge >= 0.3 is 0 Å². The highest BCUT2D eigenvalue weighted by Crippen LogP contribution is 2.52. The molecule has 0 radical (unpaired) electrons. The van der Waals surface area contributed by atoms with Gasteiger partial charge in [0.25, 0.3) is 0 Å². The van der Waals surface area contributed by atoms with Crippen LogP contribution in [0.25, 0.3) is 11.1 Å². The van der Waals surface area contributed by atoms with E-state index in [1.807, 2.05) is 12.1 Å². The van der Waals surface area contributed by atoms with Gasteiger partial charge in [-0.15, -0.1) is 0 Å². The maximum atomic E-state index is 6.04. The van der Waals surface area contributed by atoms with E-state index in [4.69, 9.17) is 11.5 Å². The molecule has 0 saturated heterocycles. The standard InChI is InChI=1S/C31H30N4/c1-31(2)27-17-23(34-13-11-19-15-21(32)3-9-29(19)34)5-7-25(27)26-8-6-24(18-28(26)31)35-14-12-20-16-22(33)4-10-30(20)35/h3-10,15-18H,11-14,32-33H2,1-2H3. The van der Waals surface area contributed by atoms with Gasteiger partial charge in [0.05, 0.1) is 0 Å². The first-order chi connectivity index (χ1) is 16.9. The van der Waals surface area contributed by atoms with E-state index >= 15 is 0 Å². The minimum absolute atomic E-state index is 0.0654. The zero-order chi connectivity index (χ0) is 23.9. The predicted molar refractivity (Wildman–Crippen MR) is 147 cm³/mol. The number of rotatable bonds is 2. The lowest BCUT2D eigenvalue weighted by Crippen LogP contribution is -2.19. The van der Waals surface area contributed by atoms with E-state index in [1.54, 1.807) is 0 Å².